The van der Waals surface area contributed by atoms with Gasteiger partial charge in [-0.3, -0.25) is 4.79 Å². The lowest BCUT2D eigenvalue weighted by molar-refractivity contribution is 0.0972. The minimum Gasteiger partial charge on any atom is -0.460 e. The Kier molecular flexibility index (Phi) is 2.97. The van der Waals surface area contributed by atoms with Crippen LogP contribution >= 0.6 is 0 Å². The molecule has 1 heterocycles. The minimum absolute atomic E-state index is 0.0798. The number of benzene rings is 2. The van der Waals surface area contributed by atoms with Crippen molar-refractivity contribution in [1.29, 1.82) is 0 Å². The Hall–Kier alpha value is -2.61. The van der Waals surface area contributed by atoms with Crippen LogP contribution in [0.2, 0.25) is 0 Å². The summed E-state index contributed by atoms with van der Waals surface area (Å²) in [5.74, 6) is 1.68. The van der Waals surface area contributed by atoms with Crippen LogP contribution in [0.25, 0.3) is 11.3 Å². The number of hydrogen-bond donors (Lipinski definition) is 0. The van der Waals surface area contributed by atoms with Crippen molar-refractivity contribution >= 4 is 5.78 Å². The number of carbonyl (C=O) groups is 1. The summed E-state index contributed by atoms with van der Waals surface area (Å²) in [7, 11) is 0. The van der Waals surface area contributed by atoms with Gasteiger partial charge in [-0.2, -0.15) is 0 Å². The standard InChI is InChI=1S/C20H16O2/c1-13-16-12-17(14-8-4-2-5-9-14)19(21)18(16)20(22-13)15-10-6-3-7-11-15/h2-11,17H,12H2,1H3. The molecule has 1 aliphatic carbocycles. The lowest BCUT2D eigenvalue weighted by atomic mass is 9.94. The largest absolute Gasteiger partial charge is 0.460 e. The van der Waals surface area contributed by atoms with Gasteiger partial charge in [0.2, 0.25) is 0 Å². The minimum atomic E-state index is -0.0798. The maximum atomic E-state index is 12.9. The molecule has 2 heteroatoms. The number of furan rings is 1. The smallest absolute Gasteiger partial charge is 0.174 e. The maximum Gasteiger partial charge on any atom is 0.174 e. The molecule has 0 saturated heterocycles. The van der Waals surface area contributed by atoms with Crippen molar-refractivity contribution in [3.8, 4) is 11.3 Å². The quantitative estimate of drug-likeness (QED) is 0.679. The molecule has 0 aliphatic heterocycles. The van der Waals surface area contributed by atoms with Crippen molar-refractivity contribution in [3.05, 3.63) is 83.1 Å². The number of carbonyl (C=O) groups excluding carboxylic acids is 1. The molecule has 0 fully saturated rings. The molecule has 3 aromatic rings. The van der Waals surface area contributed by atoms with E-state index in [1.165, 1.54) is 0 Å². The van der Waals surface area contributed by atoms with Crippen LogP contribution in [0.3, 0.4) is 0 Å². The van der Waals surface area contributed by atoms with Gasteiger partial charge in [-0.05, 0) is 18.9 Å². The third-order valence-corrected chi connectivity index (χ3v) is 4.42. The predicted octanol–water partition coefficient (Wildman–Crippen LogP) is 4.78. The fraction of sp³-hybridized carbons (Fsp3) is 0.150. The van der Waals surface area contributed by atoms with E-state index in [1.54, 1.807) is 0 Å². The number of hydrogen-bond acceptors (Lipinski definition) is 2. The third-order valence-electron chi connectivity index (χ3n) is 4.42. The van der Waals surface area contributed by atoms with E-state index in [0.29, 0.717) is 0 Å². The zero-order valence-corrected chi connectivity index (χ0v) is 12.4. The molecule has 2 aromatic carbocycles. The normalized spacial score (nSPS) is 16.8. The van der Waals surface area contributed by atoms with Crippen molar-refractivity contribution in [1.82, 2.24) is 0 Å². The van der Waals surface area contributed by atoms with Gasteiger partial charge in [0, 0.05) is 11.1 Å². The molecular formula is C20H16O2. The third kappa shape index (κ3) is 1.92. The van der Waals surface area contributed by atoms with Gasteiger partial charge >= 0.3 is 0 Å². The molecule has 4 rings (SSSR count). The molecule has 22 heavy (non-hydrogen) atoms. The highest BCUT2D eigenvalue weighted by Crippen LogP contribution is 2.42. The SMILES string of the molecule is Cc1oc(-c2ccccc2)c2c1CC(c1ccccc1)C2=O. The van der Waals surface area contributed by atoms with E-state index >= 15 is 0 Å². The van der Waals surface area contributed by atoms with Crippen LogP contribution in [0.15, 0.2) is 65.1 Å². The van der Waals surface area contributed by atoms with Crippen LogP contribution in [0, 0.1) is 6.92 Å². The fourth-order valence-electron chi connectivity index (χ4n) is 3.30. The van der Waals surface area contributed by atoms with E-state index < -0.39 is 0 Å². The highest BCUT2D eigenvalue weighted by molar-refractivity contribution is 6.09. The molecule has 1 atom stereocenters. The summed E-state index contributed by atoms with van der Waals surface area (Å²) >= 11 is 0. The lowest BCUT2D eigenvalue weighted by Crippen LogP contribution is -2.07. The Morgan fingerprint density at radius 1 is 0.955 bits per heavy atom. The molecule has 0 saturated carbocycles. The van der Waals surface area contributed by atoms with Gasteiger partial charge in [-0.15, -0.1) is 0 Å². The first kappa shape index (κ1) is 13.1. The van der Waals surface area contributed by atoms with Crippen LogP contribution in [-0.4, -0.2) is 5.78 Å². The Balaban J connectivity index is 1.82. The Bertz CT molecular complexity index is 829. The average Bonchev–Trinajstić information content (AvgIpc) is 3.08. The Labute approximate surface area is 129 Å². The molecular weight excluding hydrogens is 272 g/mol. The molecule has 1 unspecified atom stereocenters. The highest BCUT2D eigenvalue weighted by atomic mass is 16.3. The first-order valence-electron chi connectivity index (χ1n) is 7.52. The molecule has 0 radical (unpaired) electrons. The van der Waals surface area contributed by atoms with Crippen molar-refractivity contribution in [2.45, 2.75) is 19.3 Å². The van der Waals surface area contributed by atoms with Crippen LogP contribution in [0.1, 0.15) is 33.2 Å². The van der Waals surface area contributed by atoms with Gasteiger partial charge in [0.25, 0.3) is 0 Å². The Morgan fingerprint density at radius 3 is 2.27 bits per heavy atom. The fourth-order valence-corrected chi connectivity index (χ4v) is 3.30. The molecule has 1 aromatic heterocycles. The maximum absolute atomic E-state index is 12.9. The highest BCUT2D eigenvalue weighted by Gasteiger charge is 2.38. The monoisotopic (exact) mass is 288 g/mol. The van der Waals surface area contributed by atoms with E-state index in [1.807, 2.05) is 67.6 Å². The summed E-state index contributed by atoms with van der Waals surface area (Å²) < 4.78 is 5.91. The summed E-state index contributed by atoms with van der Waals surface area (Å²) in [5.41, 5.74) is 3.89. The topological polar surface area (TPSA) is 30.2 Å². The zero-order chi connectivity index (χ0) is 15.1. The van der Waals surface area contributed by atoms with E-state index in [-0.39, 0.29) is 11.7 Å². The summed E-state index contributed by atoms with van der Waals surface area (Å²) in [4.78, 5) is 12.9. The first-order chi connectivity index (χ1) is 10.8. The molecule has 2 nitrogen and oxygen atoms in total. The molecule has 0 bridgehead atoms. The molecule has 108 valence electrons. The average molecular weight is 288 g/mol. The molecule has 0 N–H and O–H groups in total. The van der Waals surface area contributed by atoms with E-state index in [9.17, 15) is 4.79 Å². The van der Waals surface area contributed by atoms with Crippen LogP contribution in [-0.2, 0) is 6.42 Å². The van der Waals surface area contributed by atoms with Gasteiger partial charge in [0.1, 0.15) is 11.5 Å². The van der Waals surface area contributed by atoms with Gasteiger partial charge < -0.3 is 4.42 Å². The van der Waals surface area contributed by atoms with E-state index in [2.05, 4.69) is 0 Å². The van der Waals surface area contributed by atoms with E-state index in [0.717, 1.165) is 40.2 Å². The van der Waals surface area contributed by atoms with Crippen LogP contribution in [0.4, 0.5) is 0 Å². The second kappa shape index (κ2) is 4.99. The first-order valence-corrected chi connectivity index (χ1v) is 7.52. The van der Waals surface area contributed by atoms with Gasteiger partial charge in [-0.1, -0.05) is 60.7 Å². The summed E-state index contributed by atoms with van der Waals surface area (Å²) in [6, 6.07) is 19.9. The number of rotatable bonds is 2. The Morgan fingerprint density at radius 2 is 1.59 bits per heavy atom. The van der Waals surface area contributed by atoms with Gasteiger partial charge in [-0.25, -0.2) is 0 Å². The molecule has 1 aliphatic rings. The van der Waals surface area contributed by atoms with Crippen molar-refractivity contribution in [2.24, 2.45) is 0 Å². The summed E-state index contributed by atoms with van der Waals surface area (Å²) in [5, 5.41) is 0. The van der Waals surface area contributed by atoms with Gasteiger partial charge in [0.15, 0.2) is 5.78 Å². The molecule has 0 spiro atoms. The summed E-state index contributed by atoms with van der Waals surface area (Å²) in [6.45, 7) is 1.95. The summed E-state index contributed by atoms with van der Waals surface area (Å²) in [6.07, 6.45) is 0.736. The number of fused-ring (bicyclic) bond motifs is 1. The zero-order valence-electron chi connectivity index (χ0n) is 12.4. The van der Waals surface area contributed by atoms with Crippen molar-refractivity contribution in [2.75, 3.05) is 0 Å². The second-order valence-electron chi connectivity index (χ2n) is 5.74. The predicted molar refractivity (Wildman–Crippen MR) is 86.1 cm³/mol. The van der Waals surface area contributed by atoms with Crippen molar-refractivity contribution in [3.63, 3.8) is 0 Å². The number of Topliss-reactive ketones (excluding diaryl/α,β-unsaturated/α-hetero) is 1. The van der Waals surface area contributed by atoms with Crippen LogP contribution in [0.5, 0.6) is 0 Å². The van der Waals surface area contributed by atoms with E-state index in [4.69, 9.17) is 4.42 Å². The van der Waals surface area contributed by atoms with Gasteiger partial charge in [0.05, 0.1) is 11.5 Å². The second-order valence-corrected chi connectivity index (χ2v) is 5.74. The number of ketones is 1. The van der Waals surface area contributed by atoms with Crippen LogP contribution < -0.4 is 0 Å². The number of aryl methyl sites for hydroxylation is 1. The molecule has 0 amide bonds. The lowest BCUT2D eigenvalue weighted by Gasteiger charge is -2.09. The van der Waals surface area contributed by atoms with Crippen molar-refractivity contribution < 1.29 is 9.21 Å².